The molecule has 0 radical (unpaired) electrons. The molecule has 2 aliphatic heterocycles. The summed E-state index contributed by atoms with van der Waals surface area (Å²) < 4.78 is 11.5. The van der Waals surface area contributed by atoms with Crippen LogP contribution in [0.5, 0.6) is 11.5 Å². The summed E-state index contributed by atoms with van der Waals surface area (Å²) in [5, 5.41) is 97.9. The molecule has 0 spiro atoms. The van der Waals surface area contributed by atoms with E-state index in [0.717, 1.165) is 71.2 Å². The highest BCUT2D eigenvalue weighted by Gasteiger charge is 2.43. The van der Waals surface area contributed by atoms with Crippen LogP contribution in [-0.4, -0.2) is 284 Å². The Hall–Kier alpha value is -15.8. The van der Waals surface area contributed by atoms with Crippen LogP contribution >= 0.6 is 0 Å². The number of hydrogen-bond donors (Lipinski definition) is 21. The van der Waals surface area contributed by atoms with Gasteiger partial charge in [0.2, 0.25) is 82.7 Å². The minimum Gasteiger partial charge on any atom is -0.508 e. The van der Waals surface area contributed by atoms with Crippen molar-refractivity contribution in [3.63, 3.8) is 0 Å². The lowest BCUT2D eigenvalue weighted by atomic mass is 9.94. The molecule has 0 aliphatic carbocycles. The van der Waals surface area contributed by atoms with Gasteiger partial charge in [0.25, 0.3) is 11.8 Å². The first kappa shape index (κ1) is 120. The lowest BCUT2D eigenvalue weighted by Crippen LogP contribution is -2.62. The second-order valence-corrected chi connectivity index (χ2v) is 37.1. The van der Waals surface area contributed by atoms with E-state index in [1.807, 2.05) is 38.2 Å². The third kappa shape index (κ3) is 39.2. The lowest BCUT2D eigenvalue weighted by Gasteiger charge is -2.33. The molecule has 17 atom stereocenters. The van der Waals surface area contributed by atoms with Crippen LogP contribution < -0.4 is 80.6 Å². The summed E-state index contributed by atoms with van der Waals surface area (Å²) in [6.07, 6.45) is 9.24. The van der Waals surface area contributed by atoms with Gasteiger partial charge in [0.1, 0.15) is 96.4 Å². The number of aliphatic hydroxyl groups excluding tert-OH is 4. The van der Waals surface area contributed by atoms with Gasteiger partial charge < -0.3 is 130 Å². The van der Waals surface area contributed by atoms with Gasteiger partial charge in [-0.05, 0) is 146 Å². The van der Waals surface area contributed by atoms with Crippen LogP contribution in [-0.2, 0) is 115 Å². The monoisotopic (exact) mass is 2070 g/mol. The minimum absolute atomic E-state index is 0.107. The minimum atomic E-state index is -2.21. The van der Waals surface area contributed by atoms with Gasteiger partial charge in [-0.3, -0.25) is 76.7 Å². The van der Waals surface area contributed by atoms with E-state index in [9.17, 15) is 78.6 Å². The topological polar surface area (TPSA) is 662 Å². The Kier molecular flexibility index (Phi) is 48.7. The first-order valence-electron chi connectivity index (χ1n) is 49.1. The van der Waals surface area contributed by atoms with Crippen molar-refractivity contribution < 1.29 is 126 Å². The number of esters is 2. The van der Waals surface area contributed by atoms with Gasteiger partial charge in [0, 0.05) is 58.3 Å². The Balaban J connectivity index is 1.38. The number of phenols is 2. The van der Waals surface area contributed by atoms with Crippen molar-refractivity contribution in [3.8, 4) is 11.5 Å². The number of aliphatic hydroxyl groups is 4. The van der Waals surface area contributed by atoms with E-state index < -0.39 is 273 Å². The fourth-order valence-corrected chi connectivity index (χ4v) is 15.8. The summed E-state index contributed by atoms with van der Waals surface area (Å²) in [6, 6.07) is 7.58. The molecule has 23 N–H and O–H groups in total. The number of rotatable bonds is 31. The summed E-state index contributed by atoms with van der Waals surface area (Å²) >= 11 is 0. The molecule has 43 heteroatoms. The van der Waals surface area contributed by atoms with Crippen molar-refractivity contribution in [2.24, 2.45) is 29.2 Å². The molecule has 5 aromatic rings. The zero-order valence-electron chi connectivity index (χ0n) is 85.2. The van der Waals surface area contributed by atoms with E-state index in [1.165, 1.54) is 54.6 Å². The van der Waals surface area contributed by atoms with Gasteiger partial charge in [0.05, 0.1) is 38.3 Å². The maximum absolute atomic E-state index is 15.7. The molecule has 149 heavy (non-hydrogen) atoms. The standard InChI is InChI=1S/C106H139N17O26/c1-12-14-18-30-69-31-24-25-32-70(69)38-45-89(133)119-92-64(9)149-106(147)82(58-125)118-96(137)80(55-87(108)131)116-102(143)91(63(8)127)121-97(138)77(50-65-26-20-16-21-27-65)111-93(134)75(48-60(3)4)113-99(140)84(52-67-34-40-73(128)41-35-67)122(10)103(144)83(110-88(132)44-39-71-46-47-109-56-72(71)33-19-15-13-2)59-148-105(146)81(57-124)117-95(136)79(54-86(107)130)115-101(142)90(62(7)126)120-98(139)78(51-66-28-22-17-23-29-66)112-94(135)76(49-61(5)6)114-100(141)85(123(11)104(92)145)53-68-36-42-74(129)43-37-68/h16-43,45-47,53,60-64,72,75-84,90-92,109,124-129H,12-15,44,48-52,54-59H2,1-11H3,(H2,107,130)(H2,108,131)(H,110,132)(H,111,134)(H,112,135)(H,113,140)(H,114,141)(H,115,142)(H,116,143)(H,117,136)(H,118,137)(H,119,133)(H,120,139)(H,121,138). The number of likely N-dealkylation sites (N-methyl/N-ethyl adjacent to an activating group) is 2. The summed E-state index contributed by atoms with van der Waals surface area (Å²) in [6.45, 7) is 10.4. The molecule has 0 saturated carbocycles. The number of cyclic esters (lactones) is 2. The maximum atomic E-state index is 15.7. The molecule has 43 nitrogen and oxygen atoms in total. The SMILES string of the molecule is CCCC=Cc1ccccc1C=CC(=O)NC1C(=O)N(C)C(=Cc2ccc(O)cc2)C(=O)NC(CC(C)C)C(=O)NC(Cc2ccccc2)C(=O)NC(C(C)O)C(=O)NC(CC(N)=O)C(=O)NC(CO)C(=O)OCC(NC(=O)CC=C2C=CNCC2C=CCCC)C(=O)N(C)C(Cc2ccc(O)cc2)C(=O)NC(CC(C)C)C(=O)NC(Cc2ccccc2)C(=O)NC(C(C)O)C(=O)NC(CC(N)=O)C(=O)NC(CO)C(=O)OC1C. The molecule has 0 aromatic heterocycles. The number of phenolic OH excluding ortho intramolecular Hbond substituents is 2. The van der Waals surface area contributed by atoms with Crippen molar-refractivity contribution in [1.82, 2.24) is 78.9 Å². The third-order valence-corrected chi connectivity index (χ3v) is 23.9. The third-order valence-electron chi connectivity index (χ3n) is 23.9. The normalized spacial score (nSPS) is 24.0. The highest BCUT2D eigenvalue weighted by Crippen LogP contribution is 2.25. The van der Waals surface area contributed by atoms with Gasteiger partial charge in [0.15, 0.2) is 12.1 Å². The highest BCUT2D eigenvalue weighted by molar-refractivity contribution is 6.06. The van der Waals surface area contributed by atoms with Crippen LogP contribution in [0.15, 0.2) is 187 Å². The number of unbranched alkanes of at least 4 members (excludes halogenated alkanes) is 2. The summed E-state index contributed by atoms with van der Waals surface area (Å²) in [5.74, 6) is -24.2. The molecule has 2 heterocycles. The molecule has 5 aromatic carbocycles. The smallest absolute Gasteiger partial charge is 0.331 e. The van der Waals surface area contributed by atoms with Crippen molar-refractivity contribution >= 4 is 125 Å². The Morgan fingerprint density at radius 3 is 1.43 bits per heavy atom. The number of carbonyl (C=O) groups is 18. The molecule has 1 saturated heterocycles. The van der Waals surface area contributed by atoms with Crippen LogP contribution in [0.3, 0.4) is 0 Å². The highest BCUT2D eigenvalue weighted by atomic mass is 16.5. The number of benzene rings is 5. The molecule has 17 unspecified atom stereocenters. The van der Waals surface area contributed by atoms with E-state index in [4.69, 9.17) is 20.9 Å². The van der Waals surface area contributed by atoms with Gasteiger partial charge in [-0.15, -0.1) is 0 Å². The number of allylic oxidation sites excluding steroid dienone is 3. The quantitative estimate of drug-likeness (QED) is 0.0161. The van der Waals surface area contributed by atoms with Crippen LogP contribution in [0.2, 0.25) is 0 Å². The first-order chi connectivity index (χ1) is 70.8. The molecular formula is C106H139N17O26. The fourth-order valence-electron chi connectivity index (χ4n) is 15.8. The molecule has 1 fully saturated rings. The number of aromatic hydroxyl groups is 2. The zero-order valence-corrected chi connectivity index (χ0v) is 85.2. The van der Waals surface area contributed by atoms with Crippen molar-refractivity contribution in [2.45, 2.75) is 236 Å². The second kappa shape index (κ2) is 60.4. The molecule has 0 bridgehead atoms. The van der Waals surface area contributed by atoms with Crippen LogP contribution in [0.4, 0.5) is 0 Å². The van der Waals surface area contributed by atoms with Crippen molar-refractivity contribution in [3.05, 3.63) is 221 Å². The van der Waals surface area contributed by atoms with E-state index in [0.29, 0.717) is 45.7 Å². The van der Waals surface area contributed by atoms with E-state index in [1.54, 1.807) is 131 Å². The first-order valence-corrected chi connectivity index (χ1v) is 49.1. The molecular weight excluding hydrogens is 1930 g/mol. The number of nitrogens with one attached hydrogen (secondary N) is 13. The maximum Gasteiger partial charge on any atom is 0.331 e. The molecule has 804 valence electrons. The predicted octanol–water partition coefficient (Wildman–Crippen LogP) is 0.280. The number of ether oxygens (including phenoxy) is 2. The second-order valence-electron chi connectivity index (χ2n) is 37.1. The molecule has 2 aliphatic rings. The van der Waals surface area contributed by atoms with E-state index in [-0.39, 0.29) is 47.8 Å². The fraction of sp³-hybridized carbons (Fsp3) is 0.434. The number of amides is 16. The van der Waals surface area contributed by atoms with E-state index in [2.05, 4.69) is 69.1 Å². The van der Waals surface area contributed by atoms with Gasteiger partial charge >= 0.3 is 11.9 Å². The van der Waals surface area contributed by atoms with Crippen LogP contribution in [0, 0.1) is 17.8 Å². The average Bonchev–Trinajstić information content (AvgIpc) is 0.834. The van der Waals surface area contributed by atoms with Crippen LogP contribution in [0.1, 0.15) is 153 Å². The number of nitrogens with zero attached hydrogens (tertiary/aromatic N) is 2. The van der Waals surface area contributed by atoms with Crippen LogP contribution in [0.25, 0.3) is 18.2 Å². The Labute approximate surface area is 863 Å². The van der Waals surface area contributed by atoms with Gasteiger partial charge in [-0.25, -0.2) is 9.59 Å². The summed E-state index contributed by atoms with van der Waals surface area (Å²) in [5.41, 5.74) is 13.7. The average molecular weight is 2070 g/mol. The Morgan fingerprint density at radius 2 is 0.940 bits per heavy atom. The molecule has 16 amide bonds. The number of primary amides is 2. The van der Waals surface area contributed by atoms with Crippen molar-refractivity contribution in [2.75, 3.05) is 40.5 Å². The Morgan fingerprint density at radius 1 is 0.497 bits per heavy atom. The van der Waals surface area contributed by atoms with Gasteiger partial charge in [-0.2, -0.15) is 0 Å². The zero-order chi connectivity index (χ0) is 110. The van der Waals surface area contributed by atoms with E-state index >= 15 is 38.4 Å². The largest absolute Gasteiger partial charge is 0.508 e. The Bertz CT molecular complexity index is 5660. The predicted molar refractivity (Wildman–Crippen MR) is 548 cm³/mol. The van der Waals surface area contributed by atoms with Gasteiger partial charge in [-0.1, -0.05) is 194 Å². The lowest BCUT2D eigenvalue weighted by molar-refractivity contribution is -0.158. The number of hydrogen-bond acceptors (Lipinski definition) is 27. The number of carbonyl (C=O) groups excluding carboxylic acids is 18. The summed E-state index contributed by atoms with van der Waals surface area (Å²) in [4.78, 5) is 267. The van der Waals surface area contributed by atoms with Crippen molar-refractivity contribution in [1.29, 1.82) is 0 Å². The molecule has 7 rings (SSSR count). The number of nitrogens with two attached hydrogens (primary N) is 2. The summed E-state index contributed by atoms with van der Waals surface area (Å²) in [7, 11) is 2.18.